The lowest BCUT2D eigenvalue weighted by Gasteiger charge is -2.24. The lowest BCUT2D eigenvalue weighted by Crippen LogP contribution is -2.42. The quantitative estimate of drug-likeness (QED) is 0.595. The van der Waals surface area contributed by atoms with Crippen molar-refractivity contribution in [2.75, 3.05) is 13.1 Å². The summed E-state index contributed by atoms with van der Waals surface area (Å²) in [5, 5.41) is 2.34. The van der Waals surface area contributed by atoms with Gasteiger partial charge in [-0.2, -0.15) is 0 Å². The fraction of sp³-hybridized carbons (Fsp3) is 1.00. The highest BCUT2D eigenvalue weighted by atomic mass is 15.5. The van der Waals surface area contributed by atoms with Gasteiger partial charge < -0.3 is 0 Å². The molecule has 0 bridgehead atoms. The zero-order valence-electron chi connectivity index (χ0n) is 7.06. The largest absolute Gasteiger partial charge is 0.255 e. The van der Waals surface area contributed by atoms with Crippen LogP contribution in [-0.2, 0) is 0 Å². The van der Waals surface area contributed by atoms with Crippen molar-refractivity contribution in [2.24, 2.45) is 0 Å². The molecule has 1 aliphatic heterocycles. The predicted octanol–water partition coefficient (Wildman–Crippen LogP) is 1.39. The maximum atomic E-state index is 3.41. The van der Waals surface area contributed by atoms with Crippen molar-refractivity contribution in [3.05, 3.63) is 0 Å². The molecule has 10 heavy (non-hydrogen) atoms. The molecule has 0 aromatic heterocycles. The highest BCUT2D eigenvalue weighted by Gasteiger charge is 2.09. The molecule has 0 atom stereocenters. The predicted molar refractivity (Wildman–Crippen MR) is 43.7 cm³/mol. The van der Waals surface area contributed by atoms with Crippen molar-refractivity contribution in [1.82, 2.24) is 10.4 Å². The van der Waals surface area contributed by atoms with Crippen LogP contribution >= 0.6 is 0 Å². The van der Waals surface area contributed by atoms with Crippen LogP contribution in [0, 0.1) is 0 Å². The van der Waals surface area contributed by atoms with E-state index in [0.29, 0.717) is 6.04 Å². The minimum absolute atomic E-state index is 0.651. The first-order valence-corrected chi connectivity index (χ1v) is 4.31. The Labute approximate surface area is 63.6 Å². The molecule has 1 N–H and O–H groups in total. The molecule has 1 heterocycles. The molecule has 0 spiro atoms. The van der Waals surface area contributed by atoms with Gasteiger partial charge in [-0.05, 0) is 26.7 Å². The second-order valence-electron chi connectivity index (χ2n) is 3.26. The van der Waals surface area contributed by atoms with Gasteiger partial charge in [-0.25, -0.2) is 5.01 Å². The van der Waals surface area contributed by atoms with Crippen LogP contribution < -0.4 is 5.43 Å². The molecule has 0 radical (unpaired) electrons. The van der Waals surface area contributed by atoms with Gasteiger partial charge in [0.2, 0.25) is 0 Å². The summed E-state index contributed by atoms with van der Waals surface area (Å²) in [7, 11) is 0. The lowest BCUT2D eigenvalue weighted by molar-refractivity contribution is 0.155. The van der Waals surface area contributed by atoms with Gasteiger partial charge in [0, 0.05) is 19.1 Å². The summed E-state index contributed by atoms with van der Waals surface area (Å²) < 4.78 is 0. The topological polar surface area (TPSA) is 15.3 Å². The van der Waals surface area contributed by atoms with Crippen LogP contribution in [0.15, 0.2) is 0 Å². The van der Waals surface area contributed by atoms with Crippen LogP contribution in [0.5, 0.6) is 0 Å². The van der Waals surface area contributed by atoms with Gasteiger partial charge in [-0.1, -0.05) is 6.42 Å². The van der Waals surface area contributed by atoms with Gasteiger partial charge in [-0.3, -0.25) is 5.43 Å². The van der Waals surface area contributed by atoms with E-state index in [-0.39, 0.29) is 0 Å². The first-order valence-electron chi connectivity index (χ1n) is 4.31. The van der Waals surface area contributed by atoms with Crippen LogP contribution in [0.25, 0.3) is 0 Å². The van der Waals surface area contributed by atoms with Crippen molar-refractivity contribution < 1.29 is 0 Å². The van der Waals surface area contributed by atoms with Gasteiger partial charge in [-0.15, -0.1) is 0 Å². The molecule has 2 heteroatoms. The fourth-order valence-corrected chi connectivity index (χ4v) is 1.33. The van der Waals surface area contributed by atoms with E-state index in [4.69, 9.17) is 0 Å². The number of nitrogens with one attached hydrogen (secondary N) is 1. The molecule has 0 saturated carbocycles. The Balaban J connectivity index is 2.28. The molecular formula is C8H18N2. The second-order valence-corrected chi connectivity index (χ2v) is 3.26. The van der Waals surface area contributed by atoms with Crippen LogP contribution in [-0.4, -0.2) is 24.1 Å². The van der Waals surface area contributed by atoms with Crippen molar-refractivity contribution in [3.8, 4) is 0 Å². The number of hydrogen-bond acceptors (Lipinski definition) is 2. The summed E-state index contributed by atoms with van der Waals surface area (Å²) in [6, 6.07) is 0.651. The molecule has 0 amide bonds. The zero-order valence-corrected chi connectivity index (χ0v) is 7.06. The highest BCUT2D eigenvalue weighted by Crippen LogP contribution is 2.04. The number of hydrogen-bond donors (Lipinski definition) is 1. The minimum atomic E-state index is 0.651. The standard InChI is InChI=1S/C8H18N2/c1-8(2)10-7-5-3-4-6-9-10/h8-9H,3-7H2,1-2H3. The first kappa shape index (κ1) is 8.02. The molecular weight excluding hydrogens is 124 g/mol. The third-order valence-corrected chi connectivity index (χ3v) is 2.01. The number of hydrazine groups is 1. The van der Waals surface area contributed by atoms with Gasteiger partial charge in [0.1, 0.15) is 0 Å². The van der Waals surface area contributed by atoms with E-state index in [2.05, 4.69) is 24.3 Å². The summed E-state index contributed by atoms with van der Waals surface area (Å²) >= 11 is 0. The molecule has 0 unspecified atom stereocenters. The van der Waals surface area contributed by atoms with Crippen molar-refractivity contribution >= 4 is 0 Å². The molecule has 60 valence electrons. The summed E-state index contributed by atoms with van der Waals surface area (Å²) in [5.74, 6) is 0. The van der Waals surface area contributed by atoms with Crippen LogP contribution in [0.1, 0.15) is 33.1 Å². The lowest BCUT2D eigenvalue weighted by atomic mass is 10.2. The maximum absolute atomic E-state index is 3.41. The van der Waals surface area contributed by atoms with Gasteiger partial charge in [0.05, 0.1) is 0 Å². The molecule has 2 nitrogen and oxygen atoms in total. The third-order valence-electron chi connectivity index (χ3n) is 2.01. The molecule has 1 aliphatic rings. The van der Waals surface area contributed by atoms with Crippen LogP contribution in [0.4, 0.5) is 0 Å². The average molecular weight is 142 g/mol. The number of rotatable bonds is 1. The molecule has 1 saturated heterocycles. The van der Waals surface area contributed by atoms with Crippen molar-refractivity contribution in [3.63, 3.8) is 0 Å². The molecule has 1 rings (SSSR count). The Kier molecular flexibility index (Phi) is 3.16. The van der Waals surface area contributed by atoms with Crippen LogP contribution in [0.3, 0.4) is 0 Å². The summed E-state index contributed by atoms with van der Waals surface area (Å²) in [5.41, 5.74) is 3.41. The molecule has 0 aromatic carbocycles. The second kappa shape index (κ2) is 3.94. The highest BCUT2D eigenvalue weighted by molar-refractivity contribution is 4.62. The normalized spacial score (nSPS) is 23.1. The van der Waals surface area contributed by atoms with E-state index in [9.17, 15) is 0 Å². The summed E-state index contributed by atoms with van der Waals surface area (Å²) in [6.07, 6.45) is 4.07. The fourth-order valence-electron chi connectivity index (χ4n) is 1.33. The first-order chi connectivity index (χ1) is 4.80. The Hall–Kier alpha value is -0.0800. The van der Waals surface area contributed by atoms with Gasteiger partial charge in [0.15, 0.2) is 0 Å². The summed E-state index contributed by atoms with van der Waals surface area (Å²) in [4.78, 5) is 0. The smallest absolute Gasteiger partial charge is 0.0187 e. The van der Waals surface area contributed by atoms with Crippen LogP contribution in [0.2, 0.25) is 0 Å². The van der Waals surface area contributed by atoms with E-state index < -0.39 is 0 Å². The monoisotopic (exact) mass is 142 g/mol. The number of nitrogens with zero attached hydrogens (tertiary/aromatic N) is 1. The summed E-state index contributed by atoms with van der Waals surface area (Å²) in [6.45, 7) is 6.85. The Morgan fingerprint density at radius 1 is 1.20 bits per heavy atom. The van der Waals surface area contributed by atoms with E-state index >= 15 is 0 Å². The molecule has 1 fully saturated rings. The van der Waals surface area contributed by atoms with E-state index in [1.54, 1.807) is 0 Å². The van der Waals surface area contributed by atoms with Gasteiger partial charge >= 0.3 is 0 Å². The van der Waals surface area contributed by atoms with Gasteiger partial charge in [0.25, 0.3) is 0 Å². The van der Waals surface area contributed by atoms with E-state index in [1.165, 1.54) is 25.8 Å². The Bertz CT molecular complexity index is 83.3. The van der Waals surface area contributed by atoms with E-state index in [1.807, 2.05) is 0 Å². The maximum Gasteiger partial charge on any atom is 0.0187 e. The molecule has 0 aliphatic carbocycles. The minimum Gasteiger partial charge on any atom is -0.255 e. The SMILES string of the molecule is CC(C)N1CCCCCN1. The zero-order chi connectivity index (χ0) is 7.40. The van der Waals surface area contributed by atoms with Crippen molar-refractivity contribution in [1.29, 1.82) is 0 Å². The van der Waals surface area contributed by atoms with E-state index in [0.717, 1.165) is 6.54 Å². The molecule has 0 aromatic rings. The van der Waals surface area contributed by atoms with Crippen molar-refractivity contribution in [2.45, 2.75) is 39.2 Å². The average Bonchev–Trinajstić information content (AvgIpc) is 2.12. The third kappa shape index (κ3) is 2.27. The Morgan fingerprint density at radius 2 is 2.00 bits per heavy atom. The Morgan fingerprint density at radius 3 is 2.70 bits per heavy atom.